The topological polar surface area (TPSA) is 59.3 Å². The fourth-order valence-electron chi connectivity index (χ4n) is 2.29. The first-order chi connectivity index (χ1) is 10.7. The number of aryl methyl sites for hydroxylation is 1. The zero-order valence-corrected chi connectivity index (χ0v) is 12.2. The Morgan fingerprint density at radius 3 is 2.73 bits per heavy atom. The summed E-state index contributed by atoms with van der Waals surface area (Å²) in [6.07, 6.45) is 1.62. The van der Waals surface area contributed by atoms with Gasteiger partial charge in [-0.15, -0.1) is 0 Å². The van der Waals surface area contributed by atoms with E-state index in [-0.39, 0.29) is 12.5 Å². The van der Waals surface area contributed by atoms with Gasteiger partial charge in [0.15, 0.2) is 0 Å². The van der Waals surface area contributed by atoms with Crippen molar-refractivity contribution in [3.05, 3.63) is 66.0 Å². The summed E-state index contributed by atoms with van der Waals surface area (Å²) in [5, 5.41) is 3.97. The van der Waals surface area contributed by atoms with Crippen LogP contribution in [0.4, 0.5) is 0 Å². The van der Waals surface area contributed by atoms with Crippen LogP contribution in [-0.2, 0) is 11.3 Å². The predicted molar refractivity (Wildman–Crippen MR) is 86.6 cm³/mol. The highest BCUT2D eigenvalue weighted by Crippen LogP contribution is 2.14. The summed E-state index contributed by atoms with van der Waals surface area (Å²) in [4.78, 5) is 16.5. The second kappa shape index (κ2) is 6.22. The van der Waals surface area contributed by atoms with Gasteiger partial charge < -0.3 is 4.57 Å². The molecule has 0 fully saturated rings. The molecule has 110 valence electrons. The van der Waals surface area contributed by atoms with Crippen LogP contribution in [0.2, 0.25) is 0 Å². The standard InChI is InChI=1S/C17H16N4O/c1-13-19-15-9-5-6-10-16(15)21(13)12-17(22)20-18-11-14-7-3-2-4-8-14/h2-11H,12H2,1H3,(H,20,22). The Labute approximate surface area is 128 Å². The Hall–Kier alpha value is -2.95. The molecule has 5 heteroatoms. The Bertz CT molecular complexity index is 821. The van der Waals surface area contributed by atoms with Crippen LogP contribution in [0.25, 0.3) is 11.0 Å². The zero-order valence-electron chi connectivity index (χ0n) is 12.2. The van der Waals surface area contributed by atoms with Gasteiger partial charge >= 0.3 is 0 Å². The van der Waals surface area contributed by atoms with Crippen molar-refractivity contribution >= 4 is 23.2 Å². The smallest absolute Gasteiger partial charge is 0.260 e. The minimum Gasteiger partial charge on any atom is -0.319 e. The van der Waals surface area contributed by atoms with Crippen LogP contribution in [0.5, 0.6) is 0 Å². The number of hydrogen-bond acceptors (Lipinski definition) is 3. The van der Waals surface area contributed by atoms with Crippen LogP contribution in [-0.4, -0.2) is 21.7 Å². The Morgan fingerprint density at radius 1 is 1.18 bits per heavy atom. The lowest BCUT2D eigenvalue weighted by Gasteiger charge is -2.05. The van der Waals surface area contributed by atoms with Gasteiger partial charge in [-0.25, -0.2) is 10.4 Å². The van der Waals surface area contributed by atoms with Gasteiger partial charge in [0.25, 0.3) is 5.91 Å². The Morgan fingerprint density at radius 2 is 1.91 bits per heavy atom. The zero-order chi connectivity index (χ0) is 15.4. The number of hydrogen-bond donors (Lipinski definition) is 1. The summed E-state index contributed by atoms with van der Waals surface area (Å²) in [5.74, 6) is 0.627. The monoisotopic (exact) mass is 292 g/mol. The van der Waals surface area contributed by atoms with Crippen LogP contribution in [0, 0.1) is 6.92 Å². The number of rotatable bonds is 4. The van der Waals surface area contributed by atoms with E-state index in [1.165, 1.54) is 0 Å². The second-order valence-corrected chi connectivity index (χ2v) is 4.94. The van der Waals surface area contributed by atoms with E-state index in [9.17, 15) is 4.79 Å². The summed E-state index contributed by atoms with van der Waals surface area (Å²) in [6.45, 7) is 2.08. The van der Waals surface area contributed by atoms with E-state index >= 15 is 0 Å². The first-order valence-electron chi connectivity index (χ1n) is 7.03. The van der Waals surface area contributed by atoms with Crippen LogP contribution >= 0.6 is 0 Å². The number of nitrogens with one attached hydrogen (secondary N) is 1. The lowest BCUT2D eigenvalue weighted by atomic mass is 10.2. The molecule has 0 spiro atoms. The van der Waals surface area contributed by atoms with Crippen molar-refractivity contribution in [3.63, 3.8) is 0 Å². The number of carbonyl (C=O) groups excluding carboxylic acids is 1. The molecule has 0 bridgehead atoms. The van der Waals surface area contributed by atoms with Gasteiger partial charge in [-0.05, 0) is 24.6 Å². The molecule has 2 aromatic carbocycles. The van der Waals surface area contributed by atoms with Crippen molar-refractivity contribution in [2.75, 3.05) is 0 Å². The molecule has 1 aromatic heterocycles. The van der Waals surface area contributed by atoms with E-state index in [0.717, 1.165) is 22.4 Å². The van der Waals surface area contributed by atoms with Crippen LogP contribution < -0.4 is 5.43 Å². The molecule has 0 aliphatic heterocycles. The molecule has 0 saturated heterocycles. The van der Waals surface area contributed by atoms with Crippen molar-refractivity contribution in [2.45, 2.75) is 13.5 Å². The molecule has 1 heterocycles. The second-order valence-electron chi connectivity index (χ2n) is 4.94. The fraction of sp³-hybridized carbons (Fsp3) is 0.118. The number of amides is 1. The van der Waals surface area contributed by atoms with Gasteiger partial charge in [-0.3, -0.25) is 4.79 Å². The quantitative estimate of drug-likeness (QED) is 0.593. The summed E-state index contributed by atoms with van der Waals surface area (Å²) in [7, 11) is 0. The van der Waals surface area contributed by atoms with Gasteiger partial charge in [-0.2, -0.15) is 5.10 Å². The summed E-state index contributed by atoms with van der Waals surface area (Å²) >= 11 is 0. The third-order valence-corrected chi connectivity index (χ3v) is 3.35. The average molecular weight is 292 g/mol. The van der Waals surface area contributed by atoms with E-state index in [1.54, 1.807) is 6.21 Å². The molecular weight excluding hydrogens is 276 g/mol. The minimum absolute atomic E-state index is 0.182. The van der Waals surface area contributed by atoms with Crippen LogP contribution in [0.15, 0.2) is 59.7 Å². The average Bonchev–Trinajstić information content (AvgIpc) is 2.84. The van der Waals surface area contributed by atoms with E-state index in [2.05, 4.69) is 15.5 Å². The molecule has 0 unspecified atom stereocenters. The number of fused-ring (bicyclic) bond motifs is 1. The molecule has 3 rings (SSSR count). The Balaban J connectivity index is 1.69. The predicted octanol–water partition coefficient (Wildman–Crippen LogP) is 2.50. The lowest BCUT2D eigenvalue weighted by molar-refractivity contribution is -0.121. The number of aromatic nitrogens is 2. The highest BCUT2D eigenvalue weighted by Gasteiger charge is 2.09. The molecule has 0 atom stereocenters. The third-order valence-electron chi connectivity index (χ3n) is 3.35. The fourth-order valence-corrected chi connectivity index (χ4v) is 2.29. The van der Waals surface area contributed by atoms with Crippen molar-refractivity contribution in [1.82, 2.24) is 15.0 Å². The minimum atomic E-state index is -0.182. The molecule has 0 aliphatic rings. The van der Waals surface area contributed by atoms with E-state index in [0.29, 0.717) is 0 Å². The van der Waals surface area contributed by atoms with E-state index in [1.807, 2.05) is 66.1 Å². The van der Waals surface area contributed by atoms with Crippen molar-refractivity contribution in [3.8, 4) is 0 Å². The number of imidazole rings is 1. The maximum absolute atomic E-state index is 12.0. The van der Waals surface area contributed by atoms with Crippen LogP contribution in [0.1, 0.15) is 11.4 Å². The molecule has 0 radical (unpaired) electrons. The third kappa shape index (κ3) is 3.03. The largest absolute Gasteiger partial charge is 0.319 e. The molecule has 1 amide bonds. The SMILES string of the molecule is Cc1nc2ccccc2n1CC(=O)NN=Cc1ccccc1. The maximum Gasteiger partial charge on any atom is 0.260 e. The van der Waals surface area contributed by atoms with Gasteiger partial charge in [0.1, 0.15) is 12.4 Å². The normalized spacial score (nSPS) is 11.1. The van der Waals surface area contributed by atoms with Crippen molar-refractivity contribution in [2.24, 2.45) is 5.10 Å². The summed E-state index contributed by atoms with van der Waals surface area (Å²) in [5.41, 5.74) is 5.32. The van der Waals surface area contributed by atoms with Crippen LogP contribution in [0.3, 0.4) is 0 Å². The van der Waals surface area contributed by atoms with Gasteiger partial charge in [0.2, 0.25) is 0 Å². The molecule has 3 aromatic rings. The Kier molecular flexibility index (Phi) is 3.96. The number of para-hydroxylation sites is 2. The van der Waals surface area contributed by atoms with Gasteiger partial charge in [0.05, 0.1) is 17.2 Å². The highest BCUT2D eigenvalue weighted by molar-refractivity contribution is 5.83. The van der Waals surface area contributed by atoms with Crippen molar-refractivity contribution in [1.29, 1.82) is 0 Å². The lowest BCUT2D eigenvalue weighted by Crippen LogP contribution is -2.23. The van der Waals surface area contributed by atoms with E-state index in [4.69, 9.17) is 0 Å². The number of hydrazone groups is 1. The highest BCUT2D eigenvalue weighted by atomic mass is 16.2. The number of carbonyl (C=O) groups is 1. The molecule has 0 saturated carbocycles. The summed E-state index contributed by atoms with van der Waals surface area (Å²) < 4.78 is 1.88. The molecule has 0 aliphatic carbocycles. The van der Waals surface area contributed by atoms with Gasteiger partial charge in [-0.1, -0.05) is 42.5 Å². The first-order valence-corrected chi connectivity index (χ1v) is 7.03. The number of benzene rings is 2. The molecule has 1 N–H and O–H groups in total. The molecular formula is C17H16N4O. The van der Waals surface area contributed by atoms with E-state index < -0.39 is 0 Å². The molecule has 22 heavy (non-hydrogen) atoms. The molecule has 5 nitrogen and oxygen atoms in total. The first kappa shape index (κ1) is 14.0. The van der Waals surface area contributed by atoms with Crippen molar-refractivity contribution < 1.29 is 4.79 Å². The van der Waals surface area contributed by atoms with Gasteiger partial charge in [0, 0.05) is 0 Å². The summed E-state index contributed by atoms with van der Waals surface area (Å²) in [6, 6.07) is 17.4. The number of nitrogens with zero attached hydrogens (tertiary/aromatic N) is 3. The maximum atomic E-state index is 12.0.